The van der Waals surface area contributed by atoms with Gasteiger partial charge in [0.1, 0.15) is 12.4 Å². The Bertz CT molecular complexity index is 632. The van der Waals surface area contributed by atoms with E-state index >= 15 is 0 Å². The number of carbonyl (C=O) groups excluding carboxylic acids is 1. The molecule has 2 N–H and O–H groups in total. The van der Waals surface area contributed by atoms with Crippen molar-refractivity contribution in [3.05, 3.63) is 52.3 Å². The van der Waals surface area contributed by atoms with Crippen LogP contribution in [0, 0.1) is 0 Å². The number of benzene rings is 1. The van der Waals surface area contributed by atoms with Crippen LogP contribution in [0.25, 0.3) is 0 Å². The summed E-state index contributed by atoms with van der Waals surface area (Å²) < 4.78 is 11.1. The van der Waals surface area contributed by atoms with E-state index in [0.717, 1.165) is 10.0 Å². The Hall–Kier alpha value is -2.08. The molecule has 0 fully saturated rings. The lowest BCUT2D eigenvalue weighted by molar-refractivity contribution is 0.0473. The van der Waals surface area contributed by atoms with E-state index in [9.17, 15) is 4.79 Å². The molecule has 0 bridgehead atoms. The molecule has 0 saturated carbocycles. The zero-order valence-corrected chi connectivity index (χ0v) is 12.4. The molecule has 20 heavy (non-hydrogen) atoms. The van der Waals surface area contributed by atoms with Crippen molar-refractivity contribution in [2.24, 2.45) is 0 Å². The van der Waals surface area contributed by atoms with E-state index in [2.05, 4.69) is 20.9 Å². The van der Waals surface area contributed by atoms with E-state index < -0.39 is 5.97 Å². The van der Waals surface area contributed by atoms with Crippen LogP contribution in [0.3, 0.4) is 0 Å². The van der Waals surface area contributed by atoms with Crippen molar-refractivity contribution in [1.29, 1.82) is 0 Å². The lowest BCUT2D eigenvalue weighted by Gasteiger charge is -2.08. The summed E-state index contributed by atoms with van der Waals surface area (Å²) in [5, 5.41) is 0. The first-order chi connectivity index (χ1) is 9.60. The van der Waals surface area contributed by atoms with Gasteiger partial charge in [0.25, 0.3) is 0 Å². The number of aromatic nitrogens is 1. The number of esters is 1. The van der Waals surface area contributed by atoms with Crippen LogP contribution < -0.4 is 10.5 Å². The number of halogens is 1. The number of carbonyl (C=O) groups is 1. The zero-order valence-electron chi connectivity index (χ0n) is 10.8. The average molecular weight is 337 g/mol. The van der Waals surface area contributed by atoms with Gasteiger partial charge in [0.15, 0.2) is 0 Å². The third-order valence-corrected chi connectivity index (χ3v) is 3.05. The van der Waals surface area contributed by atoms with Crippen LogP contribution in [0.5, 0.6) is 5.75 Å². The molecule has 1 aromatic heterocycles. The number of nitrogen functional groups attached to an aromatic ring is 1. The molecule has 0 amide bonds. The SMILES string of the molecule is COc1ccc(N)c(C(=O)OCc2cncc(Br)c2)c1. The summed E-state index contributed by atoms with van der Waals surface area (Å²) in [6, 6.07) is 6.67. The number of hydrogen-bond donors (Lipinski definition) is 1. The van der Waals surface area contributed by atoms with Crippen LogP contribution >= 0.6 is 15.9 Å². The Labute approximate surface area is 124 Å². The van der Waals surface area contributed by atoms with Gasteiger partial charge in [0.05, 0.1) is 12.7 Å². The molecule has 1 heterocycles. The number of nitrogens with two attached hydrogens (primary N) is 1. The standard InChI is InChI=1S/C14H13BrN2O3/c1-19-11-2-3-13(16)12(5-11)14(18)20-8-9-4-10(15)7-17-6-9/h2-7H,8,16H2,1H3. The fourth-order valence-corrected chi connectivity index (χ4v) is 2.01. The molecule has 0 spiro atoms. The molecular weight excluding hydrogens is 324 g/mol. The van der Waals surface area contributed by atoms with Gasteiger partial charge in [-0.15, -0.1) is 0 Å². The van der Waals surface area contributed by atoms with Crippen LogP contribution in [0.15, 0.2) is 41.1 Å². The minimum atomic E-state index is -0.499. The van der Waals surface area contributed by atoms with Crippen molar-refractivity contribution in [3.63, 3.8) is 0 Å². The lowest BCUT2D eigenvalue weighted by atomic mass is 10.1. The molecule has 5 nitrogen and oxygen atoms in total. The third-order valence-electron chi connectivity index (χ3n) is 2.61. The molecule has 0 aliphatic heterocycles. The first-order valence-electron chi connectivity index (χ1n) is 5.80. The number of anilines is 1. The van der Waals surface area contributed by atoms with Gasteiger partial charge >= 0.3 is 5.97 Å². The van der Waals surface area contributed by atoms with Gasteiger partial charge in [0.2, 0.25) is 0 Å². The molecule has 2 rings (SSSR count). The van der Waals surface area contributed by atoms with Gasteiger partial charge in [-0.25, -0.2) is 4.79 Å². The highest BCUT2D eigenvalue weighted by Gasteiger charge is 2.13. The van der Waals surface area contributed by atoms with Gasteiger partial charge in [-0.05, 0) is 40.2 Å². The van der Waals surface area contributed by atoms with E-state index in [4.69, 9.17) is 15.2 Å². The predicted molar refractivity (Wildman–Crippen MR) is 78.5 cm³/mol. The number of hydrogen-bond acceptors (Lipinski definition) is 5. The monoisotopic (exact) mass is 336 g/mol. The lowest BCUT2D eigenvalue weighted by Crippen LogP contribution is -2.08. The highest BCUT2D eigenvalue weighted by atomic mass is 79.9. The predicted octanol–water partition coefficient (Wildman–Crippen LogP) is 2.79. The summed E-state index contributed by atoms with van der Waals surface area (Å²) in [5.74, 6) is 0.0525. The number of nitrogens with zero attached hydrogens (tertiary/aromatic N) is 1. The Morgan fingerprint density at radius 3 is 2.85 bits per heavy atom. The summed E-state index contributed by atoms with van der Waals surface area (Å²) >= 11 is 3.31. The summed E-state index contributed by atoms with van der Waals surface area (Å²) in [5.41, 5.74) is 7.18. The summed E-state index contributed by atoms with van der Waals surface area (Å²) in [7, 11) is 1.52. The highest BCUT2D eigenvalue weighted by molar-refractivity contribution is 9.10. The highest BCUT2D eigenvalue weighted by Crippen LogP contribution is 2.21. The minimum absolute atomic E-state index is 0.127. The maximum Gasteiger partial charge on any atom is 0.340 e. The van der Waals surface area contributed by atoms with Crippen molar-refractivity contribution >= 4 is 27.6 Å². The van der Waals surface area contributed by atoms with E-state index in [1.807, 2.05) is 6.07 Å². The molecule has 0 radical (unpaired) electrons. The van der Waals surface area contributed by atoms with Crippen molar-refractivity contribution < 1.29 is 14.3 Å². The molecule has 104 valence electrons. The number of rotatable bonds is 4. The number of ether oxygens (including phenoxy) is 2. The molecule has 6 heteroatoms. The minimum Gasteiger partial charge on any atom is -0.497 e. The van der Waals surface area contributed by atoms with Crippen LogP contribution in [-0.4, -0.2) is 18.1 Å². The summed E-state index contributed by atoms with van der Waals surface area (Å²) in [6.45, 7) is 0.127. The second-order valence-electron chi connectivity index (χ2n) is 4.04. The topological polar surface area (TPSA) is 74.4 Å². The average Bonchev–Trinajstić information content (AvgIpc) is 2.45. The van der Waals surface area contributed by atoms with Crippen molar-refractivity contribution in [2.75, 3.05) is 12.8 Å². The Kier molecular flexibility index (Phi) is 4.57. The summed E-state index contributed by atoms with van der Waals surface area (Å²) in [4.78, 5) is 16.0. The quantitative estimate of drug-likeness (QED) is 0.686. The first-order valence-corrected chi connectivity index (χ1v) is 6.59. The summed E-state index contributed by atoms with van der Waals surface area (Å²) in [6.07, 6.45) is 3.29. The van der Waals surface area contributed by atoms with Crippen LogP contribution in [0.1, 0.15) is 15.9 Å². The molecule has 0 aliphatic rings. The smallest absolute Gasteiger partial charge is 0.340 e. The van der Waals surface area contributed by atoms with E-state index in [1.54, 1.807) is 30.6 Å². The molecule has 0 unspecified atom stereocenters. The molecule has 1 aromatic carbocycles. The van der Waals surface area contributed by atoms with Gasteiger partial charge in [-0.2, -0.15) is 0 Å². The first kappa shape index (κ1) is 14.3. The molecule has 0 atom stereocenters. The van der Waals surface area contributed by atoms with E-state index in [0.29, 0.717) is 11.4 Å². The molecule has 2 aromatic rings. The third kappa shape index (κ3) is 3.48. The van der Waals surface area contributed by atoms with Gasteiger partial charge in [0, 0.05) is 28.1 Å². The van der Waals surface area contributed by atoms with Crippen LogP contribution in [0.4, 0.5) is 5.69 Å². The molecular formula is C14H13BrN2O3. The van der Waals surface area contributed by atoms with E-state index in [-0.39, 0.29) is 12.2 Å². The largest absolute Gasteiger partial charge is 0.497 e. The maximum absolute atomic E-state index is 12.0. The fourth-order valence-electron chi connectivity index (χ4n) is 1.60. The Morgan fingerprint density at radius 1 is 1.35 bits per heavy atom. The maximum atomic E-state index is 12.0. The van der Waals surface area contributed by atoms with Gasteiger partial charge in [-0.1, -0.05) is 0 Å². The fraction of sp³-hybridized carbons (Fsp3) is 0.143. The van der Waals surface area contributed by atoms with Crippen molar-refractivity contribution in [3.8, 4) is 5.75 Å². The van der Waals surface area contributed by atoms with Gasteiger partial charge in [-0.3, -0.25) is 4.98 Å². The normalized spacial score (nSPS) is 10.1. The molecule has 0 aliphatic carbocycles. The Morgan fingerprint density at radius 2 is 2.15 bits per heavy atom. The molecule has 0 saturated heterocycles. The van der Waals surface area contributed by atoms with Crippen LogP contribution in [-0.2, 0) is 11.3 Å². The number of methoxy groups -OCH3 is 1. The number of pyridine rings is 1. The van der Waals surface area contributed by atoms with Crippen molar-refractivity contribution in [2.45, 2.75) is 6.61 Å². The van der Waals surface area contributed by atoms with Crippen LogP contribution in [0.2, 0.25) is 0 Å². The van der Waals surface area contributed by atoms with E-state index in [1.165, 1.54) is 7.11 Å². The second kappa shape index (κ2) is 6.38. The van der Waals surface area contributed by atoms with Gasteiger partial charge < -0.3 is 15.2 Å². The van der Waals surface area contributed by atoms with Crippen molar-refractivity contribution in [1.82, 2.24) is 4.98 Å². The second-order valence-corrected chi connectivity index (χ2v) is 4.96. The Balaban J connectivity index is 2.08. The zero-order chi connectivity index (χ0) is 14.5.